The standard InChI is InChI=1S/C19H23N7O2S/c1-24-5-2-6-25(8-7-24)15-10-16(21-13-3-4-13)26-17(22-15)12(11-20-26)9-14-18(27)23-19(28)29-14/h9-11,13,27H,2-8H2,1H3,(H,23,28). The second-order valence-electron chi connectivity index (χ2n) is 7.68. The van der Waals surface area contributed by atoms with Crippen molar-refractivity contribution in [3.8, 4) is 5.88 Å². The van der Waals surface area contributed by atoms with E-state index >= 15 is 0 Å². The van der Waals surface area contributed by atoms with Crippen molar-refractivity contribution in [2.24, 2.45) is 4.99 Å². The zero-order valence-electron chi connectivity index (χ0n) is 16.2. The van der Waals surface area contributed by atoms with Gasteiger partial charge in [0.15, 0.2) is 11.1 Å². The highest BCUT2D eigenvalue weighted by atomic mass is 32.1. The largest absolute Gasteiger partial charge is 0.493 e. The third-order valence-electron chi connectivity index (χ3n) is 5.32. The number of nitrogens with zero attached hydrogens (tertiary/aromatic N) is 6. The number of anilines is 1. The molecule has 0 amide bonds. The first-order chi connectivity index (χ1) is 14.1. The van der Waals surface area contributed by atoms with E-state index in [-0.39, 0.29) is 10.8 Å². The van der Waals surface area contributed by atoms with E-state index in [4.69, 9.17) is 9.98 Å². The highest BCUT2D eigenvalue weighted by Gasteiger charge is 2.21. The highest BCUT2D eigenvalue weighted by Crippen LogP contribution is 2.23. The van der Waals surface area contributed by atoms with Crippen molar-refractivity contribution in [1.82, 2.24) is 24.5 Å². The van der Waals surface area contributed by atoms with Crippen LogP contribution in [0.25, 0.3) is 11.7 Å². The summed E-state index contributed by atoms with van der Waals surface area (Å²) in [6, 6.07) is 2.39. The molecule has 1 aliphatic heterocycles. The number of hydrogen-bond acceptors (Lipinski definition) is 8. The molecule has 9 nitrogen and oxygen atoms in total. The number of thiazole rings is 1. The summed E-state index contributed by atoms with van der Waals surface area (Å²) in [7, 11) is 2.15. The van der Waals surface area contributed by atoms with Crippen LogP contribution in [0, 0.1) is 0 Å². The van der Waals surface area contributed by atoms with Gasteiger partial charge in [0.05, 0.1) is 17.1 Å². The maximum absolute atomic E-state index is 11.5. The maximum atomic E-state index is 11.5. The molecule has 152 valence electrons. The second kappa shape index (κ2) is 7.27. The highest BCUT2D eigenvalue weighted by molar-refractivity contribution is 7.10. The van der Waals surface area contributed by atoms with Crippen molar-refractivity contribution < 1.29 is 5.11 Å². The molecule has 10 heteroatoms. The first-order valence-electron chi connectivity index (χ1n) is 9.87. The van der Waals surface area contributed by atoms with E-state index in [1.807, 2.05) is 6.07 Å². The Morgan fingerprint density at radius 1 is 1.31 bits per heavy atom. The van der Waals surface area contributed by atoms with Gasteiger partial charge in [-0.1, -0.05) is 11.3 Å². The molecular weight excluding hydrogens is 390 g/mol. The Morgan fingerprint density at radius 2 is 2.17 bits per heavy atom. The molecule has 0 spiro atoms. The third-order valence-corrected chi connectivity index (χ3v) is 6.13. The first-order valence-corrected chi connectivity index (χ1v) is 10.7. The first kappa shape index (κ1) is 18.3. The van der Waals surface area contributed by atoms with Crippen molar-refractivity contribution in [3.05, 3.63) is 37.5 Å². The SMILES string of the molecule is CN1CCCN(c2cc(=NC3CC3)n3ncc(=Cc4sc(=O)[nH]c4O)c3n2)CC1. The van der Waals surface area contributed by atoms with E-state index in [0.717, 1.165) is 73.3 Å². The fraction of sp³-hybridized carbons (Fsp3) is 0.474. The van der Waals surface area contributed by atoms with Gasteiger partial charge in [0, 0.05) is 30.9 Å². The molecule has 3 aromatic heterocycles. The van der Waals surface area contributed by atoms with Crippen molar-refractivity contribution in [1.29, 1.82) is 0 Å². The van der Waals surface area contributed by atoms with Gasteiger partial charge in [0.1, 0.15) is 5.82 Å². The van der Waals surface area contributed by atoms with Crippen LogP contribution in [0.5, 0.6) is 5.88 Å². The van der Waals surface area contributed by atoms with Gasteiger partial charge >= 0.3 is 4.87 Å². The molecule has 0 atom stereocenters. The minimum atomic E-state index is -0.294. The van der Waals surface area contributed by atoms with Gasteiger partial charge in [-0.15, -0.1) is 0 Å². The number of rotatable bonds is 3. The fourth-order valence-electron chi connectivity index (χ4n) is 3.54. The van der Waals surface area contributed by atoms with Crippen LogP contribution in [-0.2, 0) is 0 Å². The topological polar surface area (TPSA) is 102 Å². The number of H-pyrrole nitrogens is 1. The lowest BCUT2D eigenvalue weighted by Gasteiger charge is -2.21. The van der Waals surface area contributed by atoms with E-state index in [0.29, 0.717) is 16.6 Å². The Labute approximate surface area is 170 Å². The van der Waals surface area contributed by atoms with Crippen LogP contribution in [0.2, 0.25) is 0 Å². The molecule has 0 bridgehead atoms. The number of fused-ring (bicyclic) bond motifs is 1. The minimum Gasteiger partial charge on any atom is -0.493 e. The molecule has 1 aliphatic carbocycles. The number of nitrogens with one attached hydrogen (secondary N) is 1. The normalized spacial score (nSPS) is 20.0. The van der Waals surface area contributed by atoms with Gasteiger partial charge in [-0.2, -0.15) is 9.61 Å². The quantitative estimate of drug-likeness (QED) is 0.624. The predicted molar refractivity (Wildman–Crippen MR) is 111 cm³/mol. The zero-order valence-corrected chi connectivity index (χ0v) is 17.0. The molecule has 29 heavy (non-hydrogen) atoms. The van der Waals surface area contributed by atoms with Crippen LogP contribution in [-0.4, -0.2) is 68.9 Å². The zero-order chi connectivity index (χ0) is 20.0. The van der Waals surface area contributed by atoms with E-state index in [9.17, 15) is 9.90 Å². The molecular formula is C19H23N7O2S. The van der Waals surface area contributed by atoms with Crippen molar-refractivity contribution in [2.75, 3.05) is 38.1 Å². The van der Waals surface area contributed by atoms with Crippen LogP contribution in [0.15, 0.2) is 22.1 Å². The third kappa shape index (κ3) is 3.77. The van der Waals surface area contributed by atoms with E-state index < -0.39 is 0 Å². The summed E-state index contributed by atoms with van der Waals surface area (Å²) in [5.41, 5.74) is 1.48. The molecule has 0 aromatic carbocycles. The Bertz CT molecular complexity index is 1220. The molecule has 2 N–H and O–H groups in total. The van der Waals surface area contributed by atoms with Gasteiger partial charge in [0.25, 0.3) is 0 Å². The smallest absolute Gasteiger partial charge is 0.307 e. The lowest BCUT2D eigenvalue weighted by molar-refractivity contribution is 0.360. The summed E-state index contributed by atoms with van der Waals surface area (Å²) in [6.07, 6.45) is 6.76. The van der Waals surface area contributed by atoms with Crippen LogP contribution >= 0.6 is 11.3 Å². The molecule has 2 fully saturated rings. The molecule has 4 heterocycles. The number of aromatic amines is 1. The van der Waals surface area contributed by atoms with Gasteiger partial charge in [-0.3, -0.25) is 14.8 Å². The van der Waals surface area contributed by atoms with Gasteiger partial charge in [0.2, 0.25) is 5.88 Å². The van der Waals surface area contributed by atoms with Crippen molar-refractivity contribution >= 4 is 28.9 Å². The van der Waals surface area contributed by atoms with Crippen LogP contribution in [0.1, 0.15) is 24.1 Å². The van der Waals surface area contributed by atoms with Gasteiger partial charge in [-0.05, 0) is 38.9 Å². The Balaban J connectivity index is 1.67. The molecule has 5 rings (SSSR count). The maximum Gasteiger partial charge on any atom is 0.307 e. The number of hydrogen-bond donors (Lipinski definition) is 2. The number of aromatic nitrogens is 4. The lowest BCUT2D eigenvalue weighted by Crippen LogP contribution is -2.31. The summed E-state index contributed by atoms with van der Waals surface area (Å²) in [6.45, 7) is 3.93. The van der Waals surface area contributed by atoms with E-state index in [1.54, 1.807) is 16.8 Å². The number of likely N-dealkylation sites (N-methyl/N-ethyl adjacent to an activating group) is 1. The summed E-state index contributed by atoms with van der Waals surface area (Å²) in [5.74, 6) is 0.766. The summed E-state index contributed by atoms with van der Waals surface area (Å²) in [5, 5.41) is 15.2. The molecule has 0 unspecified atom stereocenters. The fourth-order valence-corrected chi connectivity index (χ4v) is 4.23. The Kier molecular flexibility index (Phi) is 4.59. The summed E-state index contributed by atoms with van der Waals surface area (Å²) >= 11 is 0.960. The van der Waals surface area contributed by atoms with Crippen LogP contribution < -0.4 is 20.5 Å². The van der Waals surface area contributed by atoms with Gasteiger partial charge < -0.3 is 14.9 Å². The molecule has 3 aromatic rings. The monoisotopic (exact) mass is 413 g/mol. The van der Waals surface area contributed by atoms with E-state index in [2.05, 4.69) is 26.9 Å². The predicted octanol–water partition coefficient (Wildman–Crippen LogP) is -0.0626. The molecule has 1 saturated heterocycles. The average Bonchev–Trinajstić information content (AvgIpc) is 3.38. The second-order valence-corrected chi connectivity index (χ2v) is 8.70. The molecule has 2 aliphatic rings. The summed E-state index contributed by atoms with van der Waals surface area (Å²) in [4.78, 5) is 28.5. The van der Waals surface area contributed by atoms with Crippen molar-refractivity contribution in [2.45, 2.75) is 25.3 Å². The van der Waals surface area contributed by atoms with Gasteiger partial charge in [-0.25, -0.2) is 4.98 Å². The van der Waals surface area contributed by atoms with E-state index in [1.165, 1.54) is 0 Å². The Hall–Kier alpha value is -2.72. The summed E-state index contributed by atoms with van der Waals surface area (Å²) < 4.78 is 1.75. The minimum absolute atomic E-state index is 0.131. The average molecular weight is 414 g/mol. The number of aromatic hydroxyl groups is 1. The lowest BCUT2D eigenvalue weighted by atomic mass is 10.3. The molecule has 0 radical (unpaired) electrons. The van der Waals surface area contributed by atoms with Crippen LogP contribution in [0.4, 0.5) is 5.82 Å². The van der Waals surface area contributed by atoms with Crippen LogP contribution in [0.3, 0.4) is 0 Å². The molecule has 1 saturated carbocycles. The van der Waals surface area contributed by atoms with Crippen molar-refractivity contribution in [3.63, 3.8) is 0 Å². The Morgan fingerprint density at radius 3 is 2.93 bits per heavy atom.